The molecule has 0 saturated heterocycles. The summed E-state index contributed by atoms with van der Waals surface area (Å²) in [5, 5.41) is 0. The second-order valence-corrected chi connectivity index (χ2v) is 3.77. The zero-order chi connectivity index (χ0) is 8.85. The highest BCUT2D eigenvalue weighted by atomic mass is 14.1. The largest absolute Gasteiger partial charge is 0.0853 e. The second-order valence-electron chi connectivity index (χ2n) is 3.77. The van der Waals surface area contributed by atoms with E-state index in [-0.39, 0.29) is 0 Å². The van der Waals surface area contributed by atoms with Gasteiger partial charge in [-0.1, -0.05) is 45.8 Å². The molecular formula is C11H22. The number of hydrogen-bond donors (Lipinski definition) is 0. The molecule has 0 heteroatoms. The summed E-state index contributed by atoms with van der Waals surface area (Å²) in [7, 11) is 0. The molecule has 0 aromatic carbocycles. The standard InChI is InChI=1S/C11H22/c1-6-7-8-10(4)11(5)9(2)3/h8-9,11H,6-7H2,1-5H3. The van der Waals surface area contributed by atoms with Crippen LogP contribution in [-0.2, 0) is 0 Å². The Morgan fingerprint density at radius 1 is 1.27 bits per heavy atom. The van der Waals surface area contributed by atoms with Crippen molar-refractivity contribution in [3.8, 4) is 0 Å². The fourth-order valence-corrected chi connectivity index (χ4v) is 1.08. The minimum absolute atomic E-state index is 0.751. The summed E-state index contributed by atoms with van der Waals surface area (Å²) in [4.78, 5) is 0. The first-order valence-corrected chi connectivity index (χ1v) is 4.76. The van der Waals surface area contributed by atoms with Crippen LogP contribution in [0.4, 0.5) is 0 Å². The van der Waals surface area contributed by atoms with Crippen LogP contribution in [0.1, 0.15) is 47.5 Å². The number of unbranched alkanes of at least 4 members (excludes halogenated alkanes) is 1. The van der Waals surface area contributed by atoms with Crippen molar-refractivity contribution in [2.24, 2.45) is 11.8 Å². The lowest BCUT2D eigenvalue weighted by Crippen LogP contribution is -2.04. The number of rotatable bonds is 4. The first-order valence-electron chi connectivity index (χ1n) is 4.76. The van der Waals surface area contributed by atoms with Crippen LogP contribution in [0.3, 0.4) is 0 Å². The van der Waals surface area contributed by atoms with Gasteiger partial charge in [0.1, 0.15) is 0 Å². The molecule has 0 spiro atoms. The van der Waals surface area contributed by atoms with E-state index in [1.165, 1.54) is 12.8 Å². The van der Waals surface area contributed by atoms with E-state index in [9.17, 15) is 0 Å². The van der Waals surface area contributed by atoms with E-state index in [4.69, 9.17) is 0 Å². The summed E-state index contributed by atoms with van der Waals surface area (Å²) in [6.45, 7) is 11.4. The van der Waals surface area contributed by atoms with Crippen molar-refractivity contribution >= 4 is 0 Å². The highest BCUT2D eigenvalue weighted by Gasteiger charge is 2.07. The smallest absolute Gasteiger partial charge is 0.0211 e. The third kappa shape index (κ3) is 4.23. The van der Waals surface area contributed by atoms with Crippen LogP contribution in [0.2, 0.25) is 0 Å². The molecule has 0 aliphatic carbocycles. The maximum Gasteiger partial charge on any atom is -0.0211 e. The van der Waals surface area contributed by atoms with Gasteiger partial charge in [0.2, 0.25) is 0 Å². The normalized spacial score (nSPS) is 15.6. The Morgan fingerprint density at radius 2 is 1.82 bits per heavy atom. The van der Waals surface area contributed by atoms with Crippen molar-refractivity contribution in [2.45, 2.75) is 47.5 Å². The minimum atomic E-state index is 0.751. The highest BCUT2D eigenvalue weighted by molar-refractivity contribution is 5.02. The van der Waals surface area contributed by atoms with Crippen molar-refractivity contribution in [1.29, 1.82) is 0 Å². The van der Waals surface area contributed by atoms with Crippen molar-refractivity contribution in [2.75, 3.05) is 0 Å². The molecule has 0 nitrogen and oxygen atoms in total. The number of allylic oxidation sites excluding steroid dienone is 2. The molecule has 66 valence electrons. The molecule has 1 unspecified atom stereocenters. The molecule has 0 bridgehead atoms. The lowest BCUT2D eigenvalue weighted by Gasteiger charge is -2.16. The van der Waals surface area contributed by atoms with E-state index in [1.54, 1.807) is 5.57 Å². The predicted molar refractivity (Wildman–Crippen MR) is 52.7 cm³/mol. The first kappa shape index (κ1) is 10.7. The zero-order valence-corrected chi connectivity index (χ0v) is 8.65. The Morgan fingerprint density at radius 3 is 2.18 bits per heavy atom. The fourth-order valence-electron chi connectivity index (χ4n) is 1.08. The van der Waals surface area contributed by atoms with Crippen LogP contribution in [0.25, 0.3) is 0 Å². The van der Waals surface area contributed by atoms with E-state index in [2.05, 4.69) is 40.7 Å². The monoisotopic (exact) mass is 154 g/mol. The summed E-state index contributed by atoms with van der Waals surface area (Å²) in [5.41, 5.74) is 1.56. The van der Waals surface area contributed by atoms with Crippen molar-refractivity contribution in [3.63, 3.8) is 0 Å². The molecule has 0 aromatic heterocycles. The van der Waals surface area contributed by atoms with E-state index >= 15 is 0 Å². The SMILES string of the molecule is CCCC=C(C)C(C)C(C)C. The van der Waals surface area contributed by atoms with Crippen LogP contribution in [0.5, 0.6) is 0 Å². The van der Waals surface area contributed by atoms with Crippen LogP contribution in [-0.4, -0.2) is 0 Å². The third-order valence-corrected chi connectivity index (χ3v) is 2.47. The van der Waals surface area contributed by atoms with Gasteiger partial charge in [0.05, 0.1) is 0 Å². The lowest BCUT2D eigenvalue weighted by molar-refractivity contribution is 0.478. The molecule has 0 aromatic rings. The Kier molecular flexibility index (Phi) is 5.27. The molecule has 0 saturated carbocycles. The van der Waals surface area contributed by atoms with E-state index in [0.717, 1.165) is 11.8 Å². The van der Waals surface area contributed by atoms with Crippen molar-refractivity contribution in [3.05, 3.63) is 11.6 Å². The van der Waals surface area contributed by atoms with Crippen LogP contribution in [0.15, 0.2) is 11.6 Å². The zero-order valence-electron chi connectivity index (χ0n) is 8.65. The Labute approximate surface area is 71.7 Å². The van der Waals surface area contributed by atoms with Gasteiger partial charge in [0, 0.05) is 0 Å². The average Bonchev–Trinajstić information content (AvgIpc) is 1.98. The van der Waals surface area contributed by atoms with Crippen LogP contribution in [0, 0.1) is 11.8 Å². The molecule has 1 atom stereocenters. The highest BCUT2D eigenvalue weighted by Crippen LogP contribution is 2.19. The Balaban J connectivity index is 3.89. The van der Waals surface area contributed by atoms with E-state index in [0.29, 0.717) is 0 Å². The van der Waals surface area contributed by atoms with E-state index in [1.807, 2.05) is 0 Å². The molecule has 0 radical (unpaired) electrons. The van der Waals surface area contributed by atoms with Gasteiger partial charge >= 0.3 is 0 Å². The molecule has 0 aliphatic heterocycles. The topological polar surface area (TPSA) is 0 Å². The maximum atomic E-state index is 2.38. The third-order valence-electron chi connectivity index (χ3n) is 2.47. The van der Waals surface area contributed by atoms with Gasteiger partial charge in [-0.3, -0.25) is 0 Å². The molecule has 0 heterocycles. The Bertz CT molecular complexity index is 120. The number of hydrogen-bond acceptors (Lipinski definition) is 0. The molecular weight excluding hydrogens is 132 g/mol. The van der Waals surface area contributed by atoms with Gasteiger partial charge < -0.3 is 0 Å². The summed E-state index contributed by atoms with van der Waals surface area (Å²) in [6.07, 6.45) is 4.88. The fraction of sp³-hybridized carbons (Fsp3) is 0.818. The Hall–Kier alpha value is -0.260. The van der Waals surface area contributed by atoms with Gasteiger partial charge in [0.25, 0.3) is 0 Å². The molecule has 0 rings (SSSR count). The van der Waals surface area contributed by atoms with Crippen LogP contribution >= 0.6 is 0 Å². The molecule has 0 N–H and O–H groups in total. The second kappa shape index (κ2) is 5.40. The summed E-state index contributed by atoms with van der Waals surface area (Å²) in [5.74, 6) is 1.53. The minimum Gasteiger partial charge on any atom is -0.0853 e. The molecule has 0 aliphatic rings. The summed E-state index contributed by atoms with van der Waals surface area (Å²) in [6, 6.07) is 0. The summed E-state index contributed by atoms with van der Waals surface area (Å²) >= 11 is 0. The van der Waals surface area contributed by atoms with Gasteiger partial charge in [-0.15, -0.1) is 0 Å². The van der Waals surface area contributed by atoms with Gasteiger partial charge in [-0.25, -0.2) is 0 Å². The van der Waals surface area contributed by atoms with Gasteiger partial charge in [-0.2, -0.15) is 0 Å². The molecule has 11 heavy (non-hydrogen) atoms. The van der Waals surface area contributed by atoms with Crippen molar-refractivity contribution < 1.29 is 0 Å². The van der Waals surface area contributed by atoms with Gasteiger partial charge in [0.15, 0.2) is 0 Å². The quantitative estimate of drug-likeness (QED) is 0.536. The maximum absolute atomic E-state index is 2.38. The molecule has 0 amide bonds. The van der Waals surface area contributed by atoms with Gasteiger partial charge in [-0.05, 0) is 25.2 Å². The van der Waals surface area contributed by atoms with E-state index < -0.39 is 0 Å². The predicted octanol–water partition coefficient (Wildman–Crippen LogP) is 4.02. The lowest BCUT2D eigenvalue weighted by atomic mass is 9.90. The summed E-state index contributed by atoms with van der Waals surface area (Å²) < 4.78 is 0. The first-order chi connectivity index (χ1) is 5.09. The average molecular weight is 154 g/mol. The molecule has 0 fully saturated rings. The van der Waals surface area contributed by atoms with Crippen LogP contribution < -0.4 is 0 Å². The van der Waals surface area contributed by atoms with Crippen molar-refractivity contribution in [1.82, 2.24) is 0 Å².